The molecule has 0 atom stereocenters. The smallest absolute Gasteiger partial charge is 0.349 e. The van der Waals surface area contributed by atoms with Gasteiger partial charge in [0.05, 0.1) is 12.8 Å². The van der Waals surface area contributed by atoms with Crippen molar-refractivity contribution in [3.63, 3.8) is 0 Å². The number of hydrogen-bond donors (Lipinski definition) is 1. The predicted octanol–water partition coefficient (Wildman–Crippen LogP) is 3.12. The van der Waals surface area contributed by atoms with E-state index in [0.29, 0.717) is 11.7 Å². The van der Waals surface area contributed by atoms with Gasteiger partial charge >= 0.3 is 5.97 Å². The van der Waals surface area contributed by atoms with Crippen molar-refractivity contribution in [2.24, 2.45) is 5.92 Å². The Balaban J connectivity index is 1.99. The van der Waals surface area contributed by atoms with E-state index in [-0.39, 0.29) is 12.1 Å². The summed E-state index contributed by atoms with van der Waals surface area (Å²) >= 11 is 0. The van der Waals surface area contributed by atoms with Gasteiger partial charge in [-0.1, -0.05) is 13.8 Å². The van der Waals surface area contributed by atoms with Crippen molar-refractivity contribution in [1.82, 2.24) is 9.88 Å². The molecular formula is C21H25N3O4. The molecule has 2 rings (SSSR count). The first-order valence-corrected chi connectivity index (χ1v) is 9.06. The minimum absolute atomic E-state index is 0.149. The lowest BCUT2D eigenvalue weighted by molar-refractivity contribution is -0.144. The van der Waals surface area contributed by atoms with Gasteiger partial charge in [-0.15, -0.1) is 0 Å². The molecule has 0 aliphatic carbocycles. The second-order valence-corrected chi connectivity index (χ2v) is 6.93. The number of aromatic nitrogens is 1. The maximum absolute atomic E-state index is 12.2. The second kappa shape index (κ2) is 9.60. The number of esters is 1. The fourth-order valence-electron chi connectivity index (χ4n) is 2.77. The Labute approximate surface area is 164 Å². The number of ether oxygens (including phenoxy) is 1. The van der Waals surface area contributed by atoms with Crippen molar-refractivity contribution in [3.8, 4) is 6.07 Å². The topological polar surface area (TPSA) is 97.3 Å². The molecular weight excluding hydrogens is 358 g/mol. The summed E-state index contributed by atoms with van der Waals surface area (Å²) in [6, 6.07) is 7.22. The van der Waals surface area contributed by atoms with Crippen molar-refractivity contribution in [1.29, 1.82) is 5.26 Å². The van der Waals surface area contributed by atoms with E-state index in [1.54, 1.807) is 12.1 Å². The number of hydrogen-bond acceptors (Lipinski definition) is 5. The highest BCUT2D eigenvalue weighted by molar-refractivity contribution is 5.99. The third-order valence-corrected chi connectivity index (χ3v) is 4.17. The molecule has 0 saturated heterocycles. The van der Waals surface area contributed by atoms with Crippen LogP contribution in [0.2, 0.25) is 0 Å². The summed E-state index contributed by atoms with van der Waals surface area (Å²) in [5.41, 5.74) is 2.67. The van der Waals surface area contributed by atoms with Crippen LogP contribution in [0.1, 0.15) is 36.6 Å². The zero-order valence-corrected chi connectivity index (χ0v) is 16.6. The summed E-state index contributed by atoms with van der Waals surface area (Å²) in [5.74, 6) is -0.239. The van der Waals surface area contributed by atoms with Gasteiger partial charge in [-0.2, -0.15) is 5.26 Å². The molecule has 1 amide bonds. The molecule has 0 bridgehead atoms. The molecule has 0 aliphatic heterocycles. The van der Waals surface area contributed by atoms with Gasteiger partial charge in [-0.3, -0.25) is 4.79 Å². The Morgan fingerprint density at radius 2 is 2.14 bits per heavy atom. The summed E-state index contributed by atoms with van der Waals surface area (Å²) in [4.78, 5) is 24.0. The average molecular weight is 383 g/mol. The molecule has 2 aromatic rings. The van der Waals surface area contributed by atoms with E-state index in [1.165, 1.54) is 12.3 Å². The van der Waals surface area contributed by atoms with E-state index in [1.807, 2.05) is 26.0 Å². The Hall–Kier alpha value is -3.27. The van der Waals surface area contributed by atoms with E-state index in [2.05, 4.69) is 23.7 Å². The summed E-state index contributed by atoms with van der Waals surface area (Å²) in [5, 5.41) is 11.9. The van der Waals surface area contributed by atoms with Crippen LogP contribution in [-0.2, 0) is 27.4 Å². The standard InChI is InChI=1S/C21H25N3O4/c1-14(2)12-24-15(3)8-17(16(24)4)9-18(10-22)21(26)28-13-20(25)23-11-19-6-5-7-27-19/h5-9,14H,11-13H2,1-4H3,(H,23,25)/b18-9+. The monoisotopic (exact) mass is 383 g/mol. The number of furan rings is 1. The van der Waals surface area contributed by atoms with Crippen molar-refractivity contribution < 1.29 is 18.7 Å². The third kappa shape index (κ3) is 5.61. The second-order valence-electron chi connectivity index (χ2n) is 6.93. The van der Waals surface area contributed by atoms with Crippen molar-refractivity contribution in [3.05, 3.63) is 52.7 Å². The molecule has 0 aromatic carbocycles. The van der Waals surface area contributed by atoms with Gasteiger partial charge < -0.3 is 19.0 Å². The summed E-state index contributed by atoms with van der Waals surface area (Å²) in [6.07, 6.45) is 3.01. The molecule has 0 fully saturated rings. The largest absolute Gasteiger partial charge is 0.467 e. The average Bonchev–Trinajstić information content (AvgIpc) is 3.26. The van der Waals surface area contributed by atoms with Gasteiger partial charge in [-0.05, 0) is 49.6 Å². The molecule has 0 spiro atoms. The van der Waals surface area contributed by atoms with Crippen LogP contribution in [0.3, 0.4) is 0 Å². The molecule has 7 heteroatoms. The maximum atomic E-state index is 12.2. The normalized spacial score (nSPS) is 11.4. The number of rotatable bonds is 8. The number of carbonyl (C=O) groups excluding carboxylic acids is 2. The Kier molecular flexibility index (Phi) is 7.21. The lowest BCUT2D eigenvalue weighted by Crippen LogP contribution is -2.28. The van der Waals surface area contributed by atoms with Crippen molar-refractivity contribution in [2.75, 3.05) is 6.61 Å². The molecule has 2 heterocycles. The highest BCUT2D eigenvalue weighted by Crippen LogP contribution is 2.20. The summed E-state index contributed by atoms with van der Waals surface area (Å²) in [7, 11) is 0. The molecule has 0 saturated carbocycles. The van der Waals surface area contributed by atoms with Crippen LogP contribution in [-0.4, -0.2) is 23.1 Å². The first-order valence-electron chi connectivity index (χ1n) is 9.06. The molecule has 0 unspecified atom stereocenters. The highest BCUT2D eigenvalue weighted by atomic mass is 16.5. The van der Waals surface area contributed by atoms with Crippen LogP contribution < -0.4 is 5.32 Å². The first-order chi connectivity index (χ1) is 13.3. The fourth-order valence-corrected chi connectivity index (χ4v) is 2.77. The molecule has 1 N–H and O–H groups in total. The first kappa shape index (κ1) is 21.0. The lowest BCUT2D eigenvalue weighted by atomic mass is 10.1. The SMILES string of the molecule is Cc1cc(/C=C(\C#N)C(=O)OCC(=O)NCc2ccco2)c(C)n1CC(C)C. The fraction of sp³-hybridized carbons (Fsp3) is 0.381. The minimum atomic E-state index is -0.829. The number of nitrogens with zero attached hydrogens (tertiary/aromatic N) is 2. The molecule has 7 nitrogen and oxygen atoms in total. The summed E-state index contributed by atoms with van der Waals surface area (Å²) in [6.45, 7) is 8.78. The molecule has 148 valence electrons. The maximum Gasteiger partial charge on any atom is 0.349 e. The van der Waals surface area contributed by atoms with E-state index < -0.39 is 18.5 Å². The van der Waals surface area contributed by atoms with E-state index >= 15 is 0 Å². The van der Waals surface area contributed by atoms with Gasteiger partial charge in [-0.25, -0.2) is 4.79 Å². The van der Waals surface area contributed by atoms with Gasteiger partial charge in [0, 0.05) is 17.9 Å². The van der Waals surface area contributed by atoms with Crippen LogP contribution in [0.25, 0.3) is 6.08 Å². The number of nitrogens with one attached hydrogen (secondary N) is 1. The van der Waals surface area contributed by atoms with E-state index in [9.17, 15) is 14.9 Å². The van der Waals surface area contributed by atoms with Crippen LogP contribution in [0.5, 0.6) is 0 Å². The zero-order valence-electron chi connectivity index (χ0n) is 16.6. The highest BCUT2D eigenvalue weighted by Gasteiger charge is 2.16. The predicted molar refractivity (Wildman–Crippen MR) is 104 cm³/mol. The van der Waals surface area contributed by atoms with Crippen LogP contribution in [0.4, 0.5) is 0 Å². The lowest BCUT2D eigenvalue weighted by Gasteiger charge is -2.12. The molecule has 0 aliphatic rings. The van der Waals surface area contributed by atoms with E-state index in [4.69, 9.17) is 9.15 Å². The number of carbonyl (C=O) groups is 2. The number of nitriles is 1. The van der Waals surface area contributed by atoms with Gasteiger partial charge in [0.25, 0.3) is 5.91 Å². The molecule has 0 radical (unpaired) electrons. The van der Waals surface area contributed by atoms with E-state index in [0.717, 1.165) is 23.5 Å². The van der Waals surface area contributed by atoms with Crippen LogP contribution in [0, 0.1) is 31.1 Å². The Bertz CT molecular complexity index is 899. The zero-order chi connectivity index (χ0) is 20.7. The van der Waals surface area contributed by atoms with Gasteiger partial charge in [0.15, 0.2) is 6.61 Å². The quantitative estimate of drug-likeness (QED) is 0.429. The third-order valence-electron chi connectivity index (χ3n) is 4.17. The van der Waals surface area contributed by atoms with Crippen LogP contribution >= 0.6 is 0 Å². The van der Waals surface area contributed by atoms with Gasteiger partial charge in [0.1, 0.15) is 17.4 Å². The molecule has 28 heavy (non-hydrogen) atoms. The van der Waals surface area contributed by atoms with Crippen LogP contribution in [0.15, 0.2) is 34.5 Å². The van der Waals surface area contributed by atoms with Gasteiger partial charge in [0.2, 0.25) is 0 Å². The Morgan fingerprint density at radius 1 is 1.39 bits per heavy atom. The number of aryl methyl sites for hydroxylation is 1. The number of amides is 1. The van der Waals surface area contributed by atoms with Crippen molar-refractivity contribution in [2.45, 2.75) is 40.8 Å². The minimum Gasteiger partial charge on any atom is -0.467 e. The molecule has 2 aromatic heterocycles. The van der Waals surface area contributed by atoms with Crippen molar-refractivity contribution >= 4 is 18.0 Å². The summed E-state index contributed by atoms with van der Waals surface area (Å²) < 4.78 is 12.2. The Morgan fingerprint density at radius 3 is 2.75 bits per heavy atom.